The number of carbonyl (C=O) groups is 1. The van der Waals surface area contributed by atoms with Gasteiger partial charge in [0.1, 0.15) is 11.9 Å². The molecule has 0 N–H and O–H groups in total. The molecule has 1 aliphatic rings. The van der Waals surface area contributed by atoms with Gasteiger partial charge in [-0.3, -0.25) is 0 Å². The first-order valence-electron chi connectivity index (χ1n) is 6.91. The molecule has 2 heterocycles. The van der Waals surface area contributed by atoms with E-state index in [1.807, 2.05) is 22.9 Å². The molecule has 1 unspecified atom stereocenters. The number of hydrogen-bond acceptors (Lipinski definition) is 3. The minimum absolute atomic E-state index is 0.183. The van der Waals surface area contributed by atoms with Gasteiger partial charge in [-0.1, -0.05) is 29.8 Å². The van der Waals surface area contributed by atoms with Crippen molar-refractivity contribution in [3.8, 4) is 11.4 Å². The van der Waals surface area contributed by atoms with Crippen LogP contribution in [-0.2, 0) is 16.0 Å². The summed E-state index contributed by atoms with van der Waals surface area (Å²) in [6, 6.07) is 7.98. The van der Waals surface area contributed by atoms with Gasteiger partial charge < -0.3 is 9.30 Å². The molecule has 1 atom stereocenters. The molecule has 4 nitrogen and oxygen atoms in total. The maximum atomic E-state index is 12.0. The van der Waals surface area contributed by atoms with Gasteiger partial charge in [-0.25, -0.2) is 9.78 Å². The summed E-state index contributed by atoms with van der Waals surface area (Å²) in [4.78, 5) is 16.5. The molecule has 0 bridgehead atoms. The number of carbonyl (C=O) groups excluding carboxylic acids is 1. The highest BCUT2D eigenvalue weighted by Crippen LogP contribution is 2.32. The summed E-state index contributed by atoms with van der Waals surface area (Å²) in [6.45, 7) is 2.06. The zero-order valence-corrected chi connectivity index (χ0v) is 11.8. The molecule has 1 aliphatic heterocycles. The molecule has 2 aromatic rings. The van der Waals surface area contributed by atoms with Crippen molar-refractivity contribution in [2.75, 3.05) is 7.11 Å². The summed E-state index contributed by atoms with van der Waals surface area (Å²) >= 11 is 0. The Morgan fingerprint density at radius 1 is 1.35 bits per heavy atom. The normalized spacial score (nSPS) is 17.6. The van der Waals surface area contributed by atoms with Crippen molar-refractivity contribution < 1.29 is 9.53 Å². The van der Waals surface area contributed by atoms with Crippen molar-refractivity contribution in [1.29, 1.82) is 0 Å². The van der Waals surface area contributed by atoms with E-state index in [0.717, 1.165) is 36.3 Å². The van der Waals surface area contributed by atoms with Gasteiger partial charge >= 0.3 is 5.97 Å². The number of aryl methyl sites for hydroxylation is 2. The number of fused-ring (bicyclic) bond motifs is 1. The van der Waals surface area contributed by atoms with Crippen LogP contribution in [0.1, 0.15) is 30.1 Å². The van der Waals surface area contributed by atoms with Gasteiger partial charge in [0, 0.05) is 17.5 Å². The van der Waals surface area contributed by atoms with E-state index < -0.39 is 0 Å². The zero-order chi connectivity index (χ0) is 14.1. The predicted octanol–water partition coefficient (Wildman–Crippen LogP) is 2.91. The topological polar surface area (TPSA) is 44.1 Å². The second-order valence-corrected chi connectivity index (χ2v) is 5.24. The molecular formula is C16H18N2O2. The Morgan fingerprint density at radius 3 is 2.80 bits per heavy atom. The smallest absolute Gasteiger partial charge is 0.328 e. The molecule has 0 amide bonds. The Labute approximate surface area is 118 Å². The maximum Gasteiger partial charge on any atom is 0.328 e. The lowest BCUT2D eigenvalue weighted by Crippen LogP contribution is -2.26. The number of ether oxygens (including phenoxy) is 1. The summed E-state index contributed by atoms with van der Waals surface area (Å²) < 4.78 is 6.98. The molecule has 0 spiro atoms. The van der Waals surface area contributed by atoms with Crippen molar-refractivity contribution in [1.82, 2.24) is 9.55 Å². The standard InChI is InChI=1S/C16H18N2O2/c1-11-6-8-12(9-7-11)15-17-10-13-4-3-5-14(18(13)15)16(19)20-2/h6-10,14H,3-5H2,1-2H3. The highest BCUT2D eigenvalue weighted by Gasteiger charge is 2.29. The van der Waals surface area contributed by atoms with Gasteiger partial charge in [-0.15, -0.1) is 0 Å². The minimum atomic E-state index is -0.248. The fraction of sp³-hybridized carbons (Fsp3) is 0.375. The van der Waals surface area contributed by atoms with Crippen molar-refractivity contribution in [3.05, 3.63) is 41.7 Å². The van der Waals surface area contributed by atoms with Crippen LogP contribution in [-0.4, -0.2) is 22.6 Å². The summed E-state index contributed by atoms with van der Waals surface area (Å²) in [6.07, 6.45) is 4.66. The second-order valence-electron chi connectivity index (χ2n) is 5.24. The van der Waals surface area contributed by atoms with E-state index in [1.165, 1.54) is 12.7 Å². The van der Waals surface area contributed by atoms with Crippen LogP contribution < -0.4 is 0 Å². The lowest BCUT2D eigenvalue weighted by molar-refractivity contribution is -0.145. The molecule has 1 aromatic carbocycles. The van der Waals surface area contributed by atoms with Crippen LogP contribution in [0.5, 0.6) is 0 Å². The number of benzene rings is 1. The molecule has 0 radical (unpaired) electrons. The maximum absolute atomic E-state index is 12.0. The molecule has 0 saturated carbocycles. The third kappa shape index (κ3) is 2.11. The Morgan fingerprint density at radius 2 is 2.10 bits per heavy atom. The monoisotopic (exact) mass is 270 g/mol. The number of methoxy groups -OCH3 is 1. The third-order valence-corrected chi connectivity index (χ3v) is 3.88. The summed E-state index contributed by atoms with van der Waals surface area (Å²) in [5.74, 6) is 0.674. The van der Waals surface area contributed by atoms with Crippen LogP contribution >= 0.6 is 0 Å². The van der Waals surface area contributed by atoms with Crippen molar-refractivity contribution in [2.24, 2.45) is 0 Å². The van der Waals surface area contributed by atoms with Crippen LogP contribution in [0.4, 0.5) is 0 Å². The number of aromatic nitrogens is 2. The lowest BCUT2D eigenvalue weighted by Gasteiger charge is -2.25. The molecular weight excluding hydrogens is 252 g/mol. The van der Waals surface area contributed by atoms with Crippen LogP contribution in [0.15, 0.2) is 30.5 Å². The molecule has 0 fully saturated rings. The quantitative estimate of drug-likeness (QED) is 0.788. The minimum Gasteiger partial charge on any atom is -0.467 e. The average molecular weight is 270 g/mol. The van der Waals surface area contributed by atoms with Crippen LogP contribution in [0.25, 0.3) is 11.4 Å². The van der Waals surface area contributed by atoms with Gasteiger partial charge in [0.25, 0.3) is 0 Å². The molecule has 20 heavy (non-hydrogen) atoms. The van der Waals surface area contributed by atoms with Crippen molar-refractivity contribution in [3.63, 3.8) is 0 Å². The van der Waals surface area contributed by atoms with Gasteiger partial charge in [-0.2, -0.15) is 0 Å². The van der Waals surface area contributed by atoms with E-state index in [2.05, 4.69) is 24.0 Å². The predicted molar refractivity (Wildman–Crippen MR) is 76.4 cm³/mol. The summed E-state index contributed by atoms with van der Waals surface area (Å²) in [5, 5.41) is 0. The van der Waals surface area contributed by atoms with E-state index in [0.29, 0.717) is 0 Å². The van der Waals surface area contributed by atoms with E-state index >= 15 is 0 Å². The van der Waals surface area contributed by atoms with Crippen molar-refractivity contribution in [2.45, 2.75) is 32.2 Å². The van der Waals surface area contributed by atoms with Crippen LogP contribution in [0.3, 0.4) is 0 Å². The van der Waals surface area contributed by atoms with Crippen molar-refractivity contribution >= 4 is 5.97 Å². The fourth-order valence-corrected chi connectivity index (χ4v) is 2.81. The van der Waals surface area contributed by atoms with E-state index in [4.69, 9.17) is 4.74 Å². The number of esters is 1. The van der Waals surface area contributed by atoms with Gasteiger partial charge in [0.05, 0.1) is 7.11 Å². The highest BCUT2D eigenvalue weighted by atomic mass is 16.5. The Balaban J connectivity index is 2.08. The average Bonchev–Trinajstić information content (AvgIpc) is 2.91. The Kier molecular flexibility index (Phi) is 3.30. The second kappa shape index (κ2) is 5.12. The highest BCUT2D eigenvalue weighted by molar-refractivity contribution is 5.75. The first-order valence-corrected chi connectivity index (χ1v) is 6.91. The molecule has 0 aliphatic carbocycles. The Hall–Kier alpha value is -2.10. The van der Waals surface area contributed by atoms with E-state index in [9.17, 15) is 4.79 Å². The number of hydrogen-bond donors (Lipinski definition) is 0. The SMILES string of the molecule is COC(=O)C1CCCc2cnc(-c3ccc(C)cc3)n21. The zero-order valence-electron chi connectivity index (χ0n) is 11.8. The van der Waals surface area contributed by atoms with E-state index in [1.54, 1.807) is 0 Å². The number of imidazole rings is 1. The van der Waals surface area contributed by atoms with E-state index in [-0.39, 0.29) is 12.0 Å². The fourth-order valence-electron chi connectivity index (χ4n) is 2.81. The largest absolute Gasteiger partial charge is 0.467 e. The first kappa shape index (κ1) is 12.9. The Bertz CT molecular complexity index is 628. The number of rotatable bonds is 2. The molecule has 4 heteroatoms. The number of nitrogens with zero attached hydrogens (tertiary/aromatic N) is 2. The summed E-state index contributed by atoms with van der Waals surface area (Å²) in [7, 11) is 1.44. The molecule has 3 rings (SSSR count). The van der Waals surface area contributed by atoms with Crippen LogP contribution in [0, 0.1) is 6.92 Å². The van der Waals surface area contributed by atoms with Gasteiger partial charge in [-0.05, 0) is 26.2 Å². The van der Waals surface area contributed by atoms with Gasteiger partial charge in [0.2, 0.25) is 0 Å². The molecule has 0 saturated heterocycles. The van der Waals surface area contributed by atoms with Gasteiger partial charge in [0.15, 0.2) is 0 Å². The first-order chi connectivity index (χ1) is 9.70. The summed E-state index contributed by atoms with van der Waals surface area (Å²) in [5.41, 5.74) is 3.36. The molecule has 1 aromatic heterocycles. The third-order valence-electron chi connectivity index (χ3n) is 3.88. The lowest BCUT2D eigenvalue weighted by atomic mass is 10.0. The van der Waals surface area contributed by atoms with Crippen LogP contribution in [0.2, 0.25) is 0 Å². The molecule has 104 valence electrons.